The topological polar surface area (TPSA) is 70.1 Å². The molecule has 1 aromatic carbocycles. The van der Waals surface area contributed by atoms with Gasteiger partial charge in [0, 0.05) is 38.2 Å². The zero-order chi connectivity index (χ0) is 21.2. The van der Waals surface area contributed by atoms with E-state index in [4.69, 9.17) is 0 Å². The number of sulfonamides is 1. The molecule has 0 aliphatic carbocycles. The van der Waals surface area contributed by atoms with Crippen LogP contribution in [0.1, 0.15) is 51.2 Å². The lowest BCUT2D eigenvalue weighted by molar-refractivity contribution is -0.131. The molecule has 0 N–H and O–H groups in total. The van der Waals surface area contributed by atoms with Crippen LogP contribution in [0.15, 0.2) is 34.2 Å². The van der Waals surface area contributed by atoms with E-state index < -0.39 is 10.0 Å². The van der Waals surface area contributed by atoms with Gasteiger partial charge in [-0.2, -0.15) is 8.42 Å². The third kappa shape index (κ3) is 4.89. The lowest BCUT2D eigenvalue weighted by Gasteiger charge is -2.24. The first-order chi connectivity index (χ1) is 13.7. The van der Waals surface area contributed by atoms with E-state index in [0.717, 1.165) is 18.4 Å². The summed E-state index contributed by atoms with van der Waals surface area (Å²) in [6.07, 6.45) is 2.27. The minimum atomic E-state index is -3.72. The highest BCUT2D eigenvalue weighted by atomic mass is 32.2. The maximum atomic E-state index is 12.8. The molecular weight excluding hydrogens is 386 g/mol. The maximum Gasteiger partial charge on any atom is 0.285 e. The smallest absolute Gasteiger partial charge is 0.285 e. The Balaban J connectivity index is 1.77. The second-order valence-electron chi connectivity index (χ2n) is 8.36. The van der Waals surface area contributed by atoms with Crippen LogP contribution in [-0.2, 0) is 14.8 Å². The molecule has 2 aliphatic heterocycles. The summed E-state index contributed by atoms with van der Waals surface area (Å²) in [5, 5.41) is 0. The van der Waals surface area contributed by atoms with Crippen molar-refractivity contribution in [1.29, 1.82) is 0 Å². The highest BCUT2D eigenvalue weighted by molar-refractivity contribution is 8.00. The molecular formula is C22H31N3O3S. The van der Waals surface area contributed by atoms with Crippen LogP contribution >= 0.6 is 0 Å². The van der Waals surface area contributed by atoms with Crippen LogP contribution in [0.5, 0.6) is 0 Å². The summed E-state index contributed by atoms with van der Waals surface area (Å²) in [6, 6.07) is 7.49. The van der Waals surface area contributed by atoms with Gasteiger partial charge in [0.15, 0.2) is 0 Å². The van der Waals surface area contributed by atoms with Gasteiger partial charge in [-0.3, -0.25) is 4.79 Å². The highest BCUT2D eigenvalue weighted by Crippen LogP contribution is 2.34. The third-order valence-electron chi connectivity index (χ3n) is 5.54. The maximum absolute atomic E-state index is 12.8. The fourth-order valence-electron chi connectivity index (χ4n) is 3.84. The van der Waals surface area contributed by atoms with Crippen molar-refractivity contribution in [2.24, 2.45) is 10.3 Å². The number of amidine groups is 1. The van der Waals surface area contributed by atoms with Crippen molar-refractivity contribution < 1.29 is 13.2 Å². The number of carbonyl (C=O) groups excluding carboxylic acids is 1. The molecule has 0 atom stereocenters. The summed E-state index contributed by atoms with van der Waals surface area (Å²) in [5.41, 5.74) is 2.44. The van der Waals surface area contributed by atoms with E-state index in [9.17, 15) is 13.2 Å². The quantitative estimate of drug-likeness (QED) is 0.752. The average molecular weight is 418 g/mol. The third-order valence-corrected chi connectivity index (χ3v) is 7.01. The fourth-order valence-corrected chi connectivity index (χ4v) is 5.32. The van der Waals surface area contributed by atoms with Crippen molar-refractivity contribution in [3.05, 3.63) is 41.0 Å². The lowest BCUT2D eigenvalue weighted by atomic mass is 10.1. The molecule has 29 heavy (non-hydrogen) atoms. The molecule has 1 fully saturated rings. The first-order valence-corrected chi connectivity index (χ1v) is 11.8. The molecule has 2 heterocycles. The molecule has 2 aliphatic rings. The fraction of sp³-hybridized carbons (Fsp3) is 0.545. The van der Waals surface area contributed by atoms with Gasteiger partial charge in [0.25, 0.3) is 10.0 Å². The van der Waals surface area contributed by atoms with Crippen LogP contribution in [0.4, 0.5) is 0 Å². The molecule has 7 heteroatoms. The molecule has 0 unspecified atom stereocenters. The van der Waals surface area contributed by atoms with E-state index in [0.29, 0.717) is 60.4 Å². The monoisotopic (exact) mass is 417 g/mol. The Bertz CT molecular complexity index is 931. The van der Waals surface area contributed by atoms with Crippen molar-refractivity contribution in [3.63, 3.8) is 0 Å². The summed E-state index contributed by atoms with van der Waals surface area (Å²) >= 11 is 0. The normalized spacial score (nSPS) is 19.6. The van der Waals surface area contributed by atoms with Gasteiger partial charge in [0.2, 0.25) is 5.91 Å². The summed E-state index contributed by atoms with van der Waals surface area (Å²) in [7, 11) is -3.72. The summed E-state index contributed by atoms with van der Waals surface area (Å²) in [5.74, 6) is 1.22. The lowest BCUT2D eigenvalue weighted by Crippen LogP contribution is -2.37. The SMILES string of the molecule is CC1=C(c2ccc(C)cc2)S(=O)(=O)N=C1N1CCCN(C(=O)CCC(C)C)CC1. The van der Waals surface area contributed by atoms with Crippen LogP contribution in [0.25, 0.3) is 4.91 Å². The Kier molecular flexibility index (Phi) is 6.46. The van der Waals surface area contributed by atoms with Crippen LogP contribution in [0, 0.1) is 12.8 Å². The van der Waals surface area contributed by atoms with Crippen LogP contribution in [0.2, 0.25) is 0 Å². The first kappa shape index (κ1) is 21.6. The largest absolute Gasteiger partial charge is 0.354 e. The number of hydrogen-bond acceptors (Lipinski definition) is 4. The summed E-state index contributed by atoms with van der Waals surface area (Å²) < 4.78 is 29.7. The number of amides is 1. The van der Waals surface area contributed by atoms with Gasteiger partial charge in [-0.25, -0.2) is 0 Å². The Labute approximate surface area is 174 Å². The molecule has 158 valence electrons. The van der Waals surface area contributed by atoms with E-state index in [1.807, 2.05) is 47.9 Å². The Morgan fingerprint density at radius 3 is 2.41 bits per heavy atom. The van der Waals surface area contributed by atoms with Gasteiger partial charge in [-0.05, 0) is 38.2 Å². The number of nitrogens with zero attached hydrogens (tertiary/aromatic N) is 3. The Morgan fingerprint density at radius 1 is 1.07 bits per heavy atom. The molecule has 6 nitrogen and oxygen atoms in total. The minimum absolute atomic E-state index is 0.189. The number of rotatable bonds is 4. The molecule has 3 rings (SSSR count). The standard InChI is InChI=1S/C22H31N3O3S/c1-16(2)6-11-20(26)24-12-5-13-25(15-14-24)22-18(4)21(29(27,28)23-22)19-9-7-17(3)8-10-19/h7-10,16H,5-6,11-15H2,1-4H3. The molecule has 1 aromatic rings. The van der Waals surface area contributed by atoms with E-state index in [-0.39, 0.29) is 5.91 Å². The number of hydrogen-bond donors (Lipinski definition) is 0. The van der Waals surface area contributed by atoms with Crippen LogP contribution in [0.3, 0.4) is 0 Å². The predicted octanol–water partition coefficient (Wildman–Crippen LogP) is 3.44. The van der Waals surface area contributed by atoms with Crippen molar-refractivity contribution in [2.75, 3.05) is 26.2 Å². The molecule has 1 amide bonds. The van der Waals surface area contributed by atoms with E-state index in [1.54, 1.807) is 0 Å². The molecule has 0 aromatic heterocycles. The number of benzene rings is 1. The summed E-state index contributed by atoms with van der Waals surface area (Å²) in [4.78, 5) is 16.7. The van der Waals surface area contributed by atoms with Crippen LogP contribution in [-0.4, -0.2) is 56.1 Å². The molecule has 0 radical (unpaired) electrons. The van der Waals surface area contributed by atoms with Crippen LogP contribution < -0.4 is 0 Å². The summed E-state index contributed by atoms with van der Waals surface area (Å²) in [6.45, 7) is 10.6. The van der Waals surface area contributed by atoms with Gasteiger partial charge in [-0.1, -0.05) is 43.7 Å². The molecule has 0 saturated carbocycles. The van der Waals surface area contributed by atoms with E-state index >= 15 is 0 Å². The van der Waals surface area contributed by atoms with Gasteiger partial charge in [-0.15, -0.1) is 4.40 Å². The predicted molar refractivity (Wildman–Crippen MR) is 117 cm³/mol. The van der Waals surface area contributed by atoms with E-state index in [2.05, 4.69) is 18.2 Å². The number of aryl methyl sites for hydroxylation is 1. The van der Waals surface area contributed by atoms with Crippen molar-refractivity contribution in [1.82, 2.24) is 9.80 Å². The van der Waals surface area contributed by atoms with Gasteiger partial charge in [0.1, 0.15) is 10.7 Å². The van der Waals surface area contributed by atoms with Crippen molar-refractivity contribution in [2.45, 2.75) is 47.0 Å². The van der Waals surface area contributed by atoms with Crippen molar-refractivity contribution in [3.8, 4) is 0 Å². The Morgan fingerprint density at radius 2 is 1.76 bits per heavy atom. The average Bonchev–Trinajstić information content (AvgIpc) is 2.82. The second kappa shape index (κ2) is 8.69. The number of carbonyl (C=O) groups is 1. The molecule has 1 saturated heterocycles. The van der Waals surface area contributed by atoms with Gasteiger partial charge < -0.3 is 9.80 Å². The second-order valence-corrected chi connectivity index (χ2v) is 9.90. The van der Waals surface area contributed by atoms with Gasteiger partial charge >= 0.3 is 0 Å². The zero-order valence-electron chi connectivity index (χ0n) is 17.8. The zero-order valence-corrected chi connectivity index (χ0v) is 18.6. The molecule has 0 bridgehead atoms. The first-order valence-electron chi connectivity index (χ1n) is 10.3. The van der Waals surface area contributed by atoms with Crippen molar-refractivity contribution >= 4 is 26.7 Å². The highest BCUT2D eigenvalue weighted by Gasteiger charge is 2.34. The minimum Gasteiger partial charge on any atom is -0.354 e. The Hall–Kier alpha value is -2.15. The van der Waals surface area contributed by atoms with Gasteiger partial charge in [0.05, 0.1) is 0 Å². The molecule has 0 spiro atoms. The van der Waals surface area contributed by atoms with E-state index in [1.165, 1.54) is 0 Å².